The van der Waals surface area contributed by atoms with Crippen molar-refractivity contribution in [2.45, 2.75) is 31.8 Å². The maximum atomic E-state index is 6.12. The summed E-state index contributed by atoms with van der Waals surface area (Å²) in [6.07, 6.45) is 2.37. The summed E-state index contributed by atoms with van der Waals surface area (Å²) < 4.78 is 5.25. The normalized spacial score (nSPS) is 22.8. The van der Waals surface area contributed by atoms with Crippen LogP contribution in [0.25, 0.3) is 0 Å². The fourth-order valence-electron chi connectivity index (χ4n) is 3.32. The van der Waals surface area contributed by atoms with Crippen LogP contribution in [0.4, 0.5) is 0 Å². The van der Waals surface area contributed by atoms with E-state index in [4.69, 9.17) is 10.5 Å². The fraction of sp³-hybridized carbons (Fsp3) is 0.647. The Morgan fingerprint density at radius 3 is 2.57 bits per heavy atom. The molecule has 0 amide bonds. The predicted molar refractivity (Wildman–Crippen MR) is 87.7 cm³/mol. The molecule has 1 heterocycles. The smallest absolute Gasteiger partial charge is 0.118 e. The van der Waals surface area contributed by atoms with Crippen molar-refractivity contribution in [3.63, 3.8) is 0 Å². The van der Waals surface area contributed by atoms with Gasteiger partial charge in [0.2, 0.25) is 0 Å². The Hall–Kier alpha value is -1.10. The first kappa shape index (κ1) is 16.3. The first-order valence-electron chi connectivity index (χ1n) is 7.97. The molecule has 21 heavy (non-hydrogen) atoms. The van der Waals surface area contributed by atoms with Gasteiger partial charge in [-0.25, -0.2) is 0 Å². The molecule has 2 unspecified atom stereocenters. The van der Waals surface area contributed by atoms with E-state index in [1.165, 1.54) is 18.5 Å². The summed E-state index contributed by atoms with van der Waals surface area (Å²) in [5.74, 6) is 0.900. The van der Waals surface area contributed by atoms with Crippen LogP contribution in [-0.2, 0) is 0 Å². The molecule has 0 radical (unpaired) electrons. The average Bonchev–Trinajstić information content (AvgIpc) is 2.70. The van der Waals surface area contributed by atoms with Gasteiger partial charge in [0.05, 0.1) is 7.11 Å². The van der Waals surface area contributed by atoms with Crippen LogP contribution in [0.1, 0.15) is 31.4 Å². The Morgan fingerprint density at radius 1 is 1.29 bits per heavy atom. The second-order valence-electron chi connectivity index (χ2n) is 5.94. The van der Waals surface area contributed by atoms with E-state index in [1.54, 1.807) is 7.11 Å². The van der Waals surface area contributed by atoms with Gasteiger partial charge in [0.25, 0.3) is 0 Å². The van der Waals surface area contributed by atoms with Crippen LogP contribution in [0.2, 0.25) is 0 Å². The van der Waals surface area contributed by atoms with E-state index < -0.39 is 0 Å². The first-order chi connectivity index (χ1) is 10.2. The Labute approximate surface area is 128 Å². The van der Waals surface area contributed by atoms with Crippen molar-refractivity contribution in [1.29, 1.82) is 0 Å². The number of methoxy groups -OCH3 is 1. The molecule has 0 spiro atoms. The van der Waals surface area contributed by atoms with Crippen LogP contribution in [-0.4, -0.2) is 56.2 Å². The minimum absolute atomic E-state index is 0.298. The molecule has 118 valence electrons. The van der Waals surface area contributed by atoms with E-state index in [2.05, 4.69) is 35.9 Å². The van der Waals surface area contributed by atoms with E-state index in [9.17, 15) is 0 Å². The molecule has 0 aromatic heterocycles. The Kier molecular flexibility index (Phi) is 6.03. The number of hydrogen-bond acceptors (Lipinski definition) is 4. The summed E-state index contributed by atoms with van der Waals surface area (Å²) in [4.78, 5) is 5.04. The largest absolute Gasteiger partial charge is 0.497 e. The van der Waals surface area contributed by atoms with Crippen LogP contribution in [0.15, 0.2) is 24.3 Å². The van der Waals surface area contributed by atoms with Gasteiger partial charge in [-0.2, -0.15) is 0 Å². The lowest BCUT2D eigenvalue weighted by Gasteiger charge is -2.37. The fourth-order valence-corrected chi connectivity index (χ4v) is 3.32. The zero-order valence-electron chi connectivity index (χ0n) is 13.6. The SMILES string of the molecule is CCC1CN(C)CCCN1C(CN)c1ccc(OC)cc1. The van der Waals surface area contributed by atoms with Crippen molar-refractivity contribution >= 4 is 0 Å². The summed E-state index contributed by atoms with van der Waals surface area (Å²) in [6.45, 7) is 6.36. The van der Waals surface area contributed by atoms with Gasteiger partial charge in [0.1, 0.15) is 5.75 Å². The van der Waals surface area contributed by atoms with Crippen LogP contribution in [0.3, 0.4) is 0 Å². The molecule has 0 saturated carbocycles. The molecule has 0 aliphatic carbocycles. The summed E-state index contributed by atoms with van der Waals surface area (Å²) in [7, 11) is 3.92. The van der Waals surface area contributed by atoms with Gasteiger partial charge in [-0.1, -0.05) is 19.1 Å². The topological polar surface area (TPSA) is 41.7 Å². The minimum Gasteiger partial charge on any atom is -0.497 e. The van der Waals surface area contributed by atoms with E-state index in [1.807, 2.05) is 12.1 Å². The second kappa shape index (κ2) is 7.78. The maximum absolute atomic E-state index is 6.12. The molecule has 4 nitrogen and oxygen atoms in total. The second-order valence-corrected chi connectivity index (χ2v) is 5.94. The molecular formula is C17H29N3O. The molecule has 2 atom stereocenters. The molecule has 1 aliphatic heterocycles. The van der Waals surface area contributed by atoms with Gasteiger partial charge in [0.15, 0.2) is 0 Å². The van der Waals surface area contributed by atoms with Gasteiger partial charge >= 0.3 is 0 Å². The summed E-state index contributed by atoms with van der Waals surface area (Å²) in [5.41, 5.74) is 7.42. The third-order valence-corrected chi connectivity index (χ3v) is 4.54. The number of likely N-dealkylation sites (N-methyl/N-ethyl adjacent to an activating group) is 1. The van der Waals surface area contributed by atoms with Crippen LogP contribution in [0.5, 0.6) is 5.75 Å². The predicted octanol–water partition coefficient (Wildman–Crippen LogP) is 2.11. The molecule has 1 aromatic carbocycles. The van der Waals surface area contributed by atoms with Crippen LogP contribution in [0, 0.1) is 0 Å². The lowest BCUT2D eigenvalue weighted by atomic mass is 10.0. The highest BCUT2D eigenvalue weighted by molar-refractivity contribution is 5.29. The van der Waals surface area contributed by atoms with Gasteiger partial charge in [0, 0.05) is 31.7 Å². The number of benzene rings is 1. The van der Waals surface area contributed by atoms with Crippen molar-refractivity contribution in [2.75, 3.05) is 40.3 Å². The van der Waals surface area contributed by atoms with Crippen molar-refractivity contribution < 1.29 is 4.74 Å². The standard InChI is InChI=1S/C17H29N3O/c1-4-15-13-19(2)10-5-11-20(15)17(12-18)14-6-8-16(21-3)9-7-14/h6-9,15,17H,4-5,10-13,18H2,1-3H3. The molecule has 0 bridgehead atoms. The van der Waals surface area contributed by atoms with E-state index in [0.29, 0.717) is 18.6 Å². The van der Waals surface area contributed by atoms with E-state index in [-0.39, 0.29) is 0 Å². The van der Waals surface area contributed by atoms with Gasteiger partial charge in [-0.15, -0.1) is 0 Å². The minimum atomic E-state index is 0.298. The van der Waals surface area contributed by atoms with Crippen molar-refractivity contribution in [3.05, 3.63) is 29.8 Å². The third-order valence-electron chi connectivity index (χ3n) is 4.54. The van der Waals surface area contributed by atoms with Crippen molar-refractivity contribution in [3.8, 4) is 5.75 Å². The van der Waals surface area contributed by atoms with Crippen LogP contribution < -0.4 is 10.5 Å². The molecular weight excluding hydrogens is 262 g/mol. The van der Waals surface area contributed by atoms with Gasteiger partial charge in [-0.3, -0.25) is 4.90 Å². The van der Waals surface area contributed by atoms with Gasteiger partial charge in [-0.05, 0) is 44.1 Å². The summed E-state index contributed by atoms with van der Waals surface area (Å²) in [6, 6.07) is 9.24. The lowest BCUT2D eigenvalue weighted by molar-refractivity contribution is 0.131. The summed E-state index contributed by atoms with van der Waals surface area (Å²) in [5, 5.41) is 0. The zero-order valence-corrected chi connectivity index (χ0v) is 13.6. The highest BCUT2D eigenvalue weighted by atomic mass is 16.5. The molecule has 1 saturated heterocycles. The number of hydrogen-bond donors (Lipinski definition) is 1. The highest BCUT2D eigenvalue weighted by Gasteiger charge is 2.28. The molecule has 1 aliphatic rings. The number of rotatable bonds is 5. The Balaban J connectivity index is 2.20. The first-order valence-corrected chi connectivity index (χ1v) is 7.97. The maximum Gasteiger partial charge on any atom is 0.118 e. The summed E-state index contributed by atoms with van der Waals surface area (Å²) >= 11 is 0. The average molecular weight is 291 g/mol. The number of nitrogens with two attached hydrogens (primary N) is 1. The quantitative estimate of drug-likeness (QED) is 0.902. The third kappa shape index (κ3) is 3.96. The Morgan fingerprint density at radius 2 is 2.00 bits per heavy atom. The highest BCUT2D eigenvalue weighted by Crippen LogP contribution is 2.27. The molecule has 1 fully saturated rings. The molecule has 1 aromatic rings. The lowest BCUT2D eigenvalue weighted by Crippen LogP contribution is -2.44. The van der Waals surface area contributed by atoms with E-state index >= 15 is 0 Å². The number of nitrogens with zero attached hydrogens (tertiary/aromatic N) is 2. The van der Waals surface area contributed by atoms with Crippen LogP contribution >= 0.6 is 0 Å². The van der Waals surface area contributed by atoms with Crippen molar-refractivity contribution in [2.24, 2.45) is 5.73 Å². The van der Waals surface area contributed by atoms with Crippen molar-refractivity contribution in [1.82, 2.24) is 9.80 Å². The van der Waals surface area contributed by atoms with E-state index in [0.717, 1.165) is 25.3 Å². The molecule has 2 rings (SSSR count). The molecule has 2 N–H and O–H groups in total. The number of ether oxygens (including phenoxy) is 1. The zero-order chi connectivity index (χ0) is 15.2. The van der Waals surface area contributed by atoms with Gasteiger partial charge < -0.3 is 15.4 Å². The monoisotopic (exact) mass is 291 g/mol. The Bertz CT molecular complexity index is 421. The molecule has 4 heteroatoms.